The van der Waals surface area contributed by atoms with Gasteiger partial charge in [0, 0.05) is 22.4 Å². The smallest absolute Gasteiger partial charge is 0.152 e. The van der Waals surface area contributed by atoms with E-state index in [0.717, 1.165) is 12.0 Å². The minimum absolute atomic E-state index is 0.0203. The highest BCUT2D eigenvalue weighted by Crippen LogP contribution is 2.46. The molecule has 5 aromatic carbocycles. The van der Waals surface area contributed by atoms with Crippen molar-refractivity contribution in [2.75, 3.05) is 7.11 Å². The lowest BCUT2D eigenvalue weighted by atomic mass is 10.1. The molecule has 0 saturated heterocycles. The maximum Gasteiger partial charge on any atom is 0.152 e. The largest absolute Gasteiger partial charge is 0.508 e. The summed E-state index contributed by atoms with van der Waals surface area (Å²) < 4.78 is 14.4. The lowest BCUT2D eigenvalue weighted by Gasteiger charge is -2.10. The molecule has 0 amide bonds. The van der Waals surface area contributed by atoms with Crippen LogP contribution in [0.4, 0.5) is 34.1 Å². The zero-order valence-electron chi connectivity index (χ0n) is 23.9. The number of fused-ring (bicyclic) bond motifs is 1. The molecule has 5 N–H and O–H groups in total. The summed E-state index contributed by atoms with van der Waals surface area (Å²) in [7, 11) is 1.40. The molecule has 0 aliphatic heterocycles. The summed E-state index contributed by atoms with van der Waals surface area (Å²) in [5.41, 5.74) is 1.57. The number of benzene rings is 5. The fourth-order valence-electron chi connectivity index (χ4n) is 3.95. The molecule has 18 heteroatoms. The predicted molar refractivity (Wildman–Crippen MR) is 169 cm³/mol. The van der Waals surface area contributed by atoms with Crippen molar-refractivity contribution in [3.63, 3.8) is 0 Å². The van der Waals surface area contributed by atoms with E-state index in [0.29, 0.717) is 44.8 Å². The lowest BCUT2D eigenvalue weighted by Crippen LogP contribution is -1.84. The minimum atomic E-state index is -0.315. The summed E-state index contributed by atoms with van der Waals surface area (Å²) in [6.45, 7) is 0. The van der Waals surface area contributed by atoms with Crippen molar-refractivity contribution < 1.29 is 49.3 Å². The van der Waals surface area contributed by atoms with E-state index in [-0.39, 0.29) is 45.0 Å². The second kappa shape index (κ2) is 15.9. The Morgan fingerprint density at radius 3 is 1.91 bits per heavy atom. The number of aromatic hydroxyl groups is 3. The van der Waals surface area contributed by atoms with Crippen LogP contribution in [0.1, 0.15) is 0 Å². The predicted octanol–water partition coefficient (Wildman–Crippen LogP) is 10.1. The van der Waals surface area contributed by atoms with Gasteiger partial charge in [0.15, 0.2) is 5.75 Å². The van der Waals surface area contributed by atoms with E-state index in [1.807, 2.05) is 0 Å². The fraction of sp³-hybridized carbons (Fsp3) is 0.0345. The third-order valence-electron chi connectivity index (χ3n) is 6.12. The van der Waals surface area contributed by atoms with Gasteiger partial charge in [-0.25, -0.2) is 10.5 Å². The molecular weight excluding hydrogens is 656 g/mol. The number of hydrogen-bond donors (Lipinski definition) is 5. The molecule has 16 nitrogen and oxygen atoms in total. The van der Waals surface area contributed by atoms with Gasteiger partial charge in [0.25, 0.3) is 0 Å². The number of rotatable bonds is 13. The molecule has 0 fully saturated rings. The highest BCUT2D eigenvalue weighted by molar-refractivity contribution is 7.94. The van der Waals surface area contributed by atoms with Crippen LogP contribution in [0.3, 0.4) is 0 Å². The molecule has 0 atom stereocenters. The Hall–Kier alpha value is -5.18. The van der Waals surface area contributed by atoms with Crippen LogP contribution in [0.2, 0.25) is 0 Å². The van der Waals surface area contributed by atoms with Gasteiger partial charge in [0.1, 0.15) is 34.3 Å². The highest BCUT2D eigenvalue weighted by Gasteiger charge is 2.17. The third kappa shape index (κ3) is 8.55. The zero-order chi connectivity index (χ0) is 33.2. The number of nitrogens with zero attached hydrogens (tertiary/aromatic N) is 6. The number of phenols is 3. The minimum Gasteiger partial charge on any atom is -0.508 e. The van der Waals surface area contributed by atoms with Crippen molar-refractivity contribution in [1.29, 1.82) is 0 Å². The van der Waals surface area contributed by atoms with E-state index in [9.17, 15) is 15.3 Å². The molecule has 0 aromatic heterocycles. The molecular formula is C29H22N6O10S2. The number of azo groups is 3. The van der Waals surface area contributed by atoms with Crippen LogP contribution in [0.5, 0.6) is 23.0 Å². The van der Waals surface area contributed by atoms with Crippen LogP contribution in [-0.2, 0) is 18.7 Å². The van der Waals surface area contributed by atoms with Gasteiger partial charge >= 0.3 is 0 Å². The summed E-state index contributed by atoms with van der Waals surface area (Å²) >= 11 is 1.34. The van der Waals surface area contributed by atoms with Crippen molar-refractivity contribution in [2.45, 2.75) is 9.79 Å². The fourth-order valence-corrected chi connectivity index (χ4v) is 4.81. The van der Waals surface area contributed by atoms with Crippen LogP contribution < -0.4 is 4.74 Å². The van der Waals surface area contributed by atoms with E-state index >= 15 is 0 Å². The Bertz CT molecular complexity index is 1940. The van der Waals surface area contributed by atoms with Gasteiger partial charge in [-0.1, -0.05) is 10.1 Å². The summed E-state index contributed by atoms with van der Waals surface area (Å²) in [5.74, 6) is -0.282. The quantitative estimate of drug-likeness (QED) is 0.0339. The van der Waals surface area contributed by atoms with Gasteiger partial charge in [-0.15, -0.1) is 24.0 Å². The standard InChI is InChI=1S/C29H22N6O10S2/c1-41-26-15-23(25(37)14-24(26)34-31-18-4-9-21(10-5-18)46-44-42-39)33-35-28-27(47-45-43-40)13-16-12-19(6-11-22(16)29(28)38)32-30-17-2-7-20(36)8-3-17/h2-15,36-40H,1H3. The van der Waals surface area contributed by atoms with Crippen LogP contribution >= 0.6 is 24.1 Å². The van der Waals surface area contributed by atoms with Crippen molar-refractivity contribution >= 4 is 69.0 Å². The average molecular weight is 679 g/mol. The Balaban J connectivity index is 1.42. The topological polar surface area (TPSA) is 221 Å². The number of methoxy groups -OCH3 is 1. The zero-order valence-corrected chi connectivity index (χ0v) is 25.5. The number of phenolic OH excluding ortho intramolecular Hbond substituents is 3. The highest BCUT2D eigenvalue weighted by atomic mass is 32.2. The summed E-state index contributed by atoms with van der Waals surface area (Å²) in [6, 6.07) is 21.9. The van der Waals surface area contributed by atoms with Crippen molar-refractivity contribution in [3.8, 4) is 23.0 Å². The number of hydrogen-bond acceptors (Lipinski definition) is 18. The molecule has 0 radical (unpaired) electrons. The van der Waals surface area contributed by atoms with Crippen LogP contribution in [0, 0.1) is 0 Å². The monoisotopic (exact) mass is 678 g/mol. The Kier molecular flexibility index (Phi) is 11.2. The van der Waals surface area contributed by atoms with E-state index in [1.54, 1.807) is 60.7 Å². The van der Waals surface area contributed by atoms with Crippen molar-refractivity contribution in [1.82, 2.24) is 0 Å². The van der Waals surface area contributed by atoms with Crippen molar-refractivity contribution in [3.05, 3.63) is 84.9 Å². The molecule has 0 bridgehead atoms. The molecule has 240 valence electrons. The first-order valence-corrected chi connectivity index (χ1v) is 14.5. The summed E-state index contributed by atoms with van der Waals surface area (Å²) in [5, 5.41) is 81.3. The van der Waals surface area contributed by atoms with Crippen molar-refractivity contribution in [2.24, 2.45) is 30.7 Å². The summed E-state index contributed by atoms with van der Waals surface area (Å²) in [4.78, 5) is 0.827. The Morgan fingerprint density at radius 2 is 1.21 bits per heavy atom. The van der Waals surface area contributed by atoms with Gasteiger partial charge in [0.05, 0.1) is 53.2 Å². The molecule has 47 heavy (non-hydrogen) atoms. The van der Waals surface area contributed by atoms with Gasteiger partial charge in [-0.3, -0.25) is 0 Å². The molecule has 0 saturated carbocycles. The SMILES string of the molecule is COc1cc(N=Nc2c(SOOO)cc3cc(N=Nc4ccc(O)cc4)ccc3c2O)c(O)cc1N=Nc1ccc(SOOO)cc1. The van der Waals surface area contributed by atoms with Gasteiger partial charge < -0.3 is 20.1 Å². The van der Waals surface area contributed by atoms with E-state index in [4.69, 9.17) is 15.3 Å². The first kappa shape index (κ1) is 33.2. The molecule has 0 aliphatic rings. The van der Waals surface area contributed by atoms with Gasteiger partial charge in [0.2, 0.25) is 0 Å². The molecule has 0 unspecified atom stereocenters. The van der Waals surface area contributed by atoms with E-state index < -0.39 is 0 Å². The third-order valence-corrected chi connectivity index (χ3v) is 7.34. The average Bonchev–Trinajstić information content (AvgIpc) is 3.09. The Labute approximate surface area is 273 Å². The maximum atomic E-state index is 11.1. The lowest BCUT2D eigenvalue weighted by molar-refractivity contribution is -0.432. The first-order valence-electron chi connectivity index (χ1n) is 13.0. The van der Waals surface area contributed by atoms with E-state index in [1.165, 1.54) is 31.4 Å². The molecule has 0 heterocycles. The molecule has 0 spiro atoms. The van der Waals surface area contributed by atoms with Crippen LogP contribution in [0.15, 0.2) is 125 Å². The molecule has 5 aromatic rings. The normalized spacial score (nSPS) is 11.8. The Morgan fingerprint density at radius 1 is 0.596 bits per heavy atom. The van der Waals surface area contributed by atoms with E-state index in [2.05, 4.69) is 49.4 Å². The maximum absolute atomic E-state index is 11.1. The molecule has 0 aliphatic carbocycles. The number of ether oxygens (including phenoxy) is 1. The summed E-state index contributed by atoms with van der Waals surface area (Å²) in [6.07, 6.45) is 0. The second-order valence-corrected chi connectivity index (χ2v) is 10.6. The van der Waals surface area contributed by atoms with Crippen LogP contribution in [-0.4, -0.2) is 32.9 Å². The second-order valence-electron chi connectivity index (χ2n) is 9.05. The van der Waals surface area contributed by atoms with Gasteiger partial charge in [-0.2, -0.15) is 15.3 Å². The van der Waals surface area contributed by atoms with Gasteiger partial charge in [-0.05, 0) is 78.2 Å². The molecule has 5 rings (SSSR count). The van der Waals surface area contributed by atoms with Crippen LogP contribution in [0.25, 0.3) is 10.8 Å². The first-order chi connectivity index (χ1) is 22.9.